The monoisotopic (exact) mass is 493 g/mol. The maximum atomic E-state index is 13.7. The van der Waals surface area contributed by atoms with Gasteiger partial charge in [0.05, 0.1) is 22.9 Å². The second-order valence-corrected chi connectivity index (χ2v) is 9.30. The Labute approximate surface area is 215 Å². The molecular formula is C30H28FN5O. The molecule has 1 aliphatic rings. The SMILES string of the molecule is CCCNc1cc(-c2c(-c3ccc(F)cc3)nc3n2C(COc2ccc4ccccc4n2)CC3)ccn1. The van der Waals surface area contributed by atoms with Crippen LogP contribution in [0.1, 0.15) is 31.6 Å². The van der Waals surface area contributed by atoms with E-state index in [-0.39, 0.29) is 11.9 Å². The lowest BCUT2D eigenvalue weighted by Gasteiger charge is -2.18. The molecule has 4 heterocycles. The molecule has 1 N–H and O–H groups in total. The van der Waals surface area contributed by atoms with E-state index in [1.165, 1.54) is 12.1 Å². The third-order valence-corrected chi connectivity index (χ3v) is 6.75. The van der Waals surface area contributed by atoms with Gasteiger partial charge in [0.1, 0.15) is 24.1 Å². The molecule has 1 unspecified atom stereocenters. The first-order valence-electron chi connectivity index (χ1n) is 12.8. The van der Waals surface area contributed by atoms with Gasteiger partial charge in [0.15, 0.2) is 0 Å². The number of nitrogens with zero attached hydrogens (tertiary/aromatic N) is 4. The molecular weight excluding hydrogens is 465 g/mol. The highest BCUT2D eigenvalue weighted by molar-refractivity contribution is 5.81. The molecule has 0 spiro atoms. The Balaban J connectivity index is 1.37. The Kier molecular flexibility index (Phi) is 6.26. The second-order valence-electron chi connectivity index (χ2n) is 9.30. The van der Waals surface area contributed by atoms with Gasteiger partial charge in [-0.05, 0) is 61.4 Å². The van der Waals surface area contributed by atoms with Crippen LogP contribution in [0.5, 0.6) is 5.88 Å². The van der Waals surface area contributed by atoms with Crippen molar-refractivity contribution in [3.8, 4) is 28.4 Å². The summed E-state index contributed by atoms with van der Waals surface area (Å²) in [6.45, 7) is 3.46. The van der Waals surface area contributed by atoms with Crippen molar-refractivity contribution in [2.75, 3.05) is 18.5 Å². The minimum Gasteiger partial charge on any atom is -0.475 e. The highest BCUT2D eigenvalue weighted by atomic mass is 19.1. The average molecular weight is 494 g/mol. The van der Waals surface area contributed by atoms with Gasteiger partial charge in [-0.2, -0.15) is 0 Å². The van der Waals surface area contributed by atoms with Gasteiger partial charge in [0.25, 0.3) is 0 Å². The van der Waals surface area contributed by atoms with E-state index in [1.807, 2.05) is 48.7 Å². The molecule has 0 saturated carbocycles. The first kappa shape index (κ1) is 23.2. The number of aryl methyl sites for hydroxylation is 1. The predicted octanol–water partition coefficient (Wildman–Crippen LogP) is 6.69. The number of para-hydroxylation sites is 1. The minimum atomic E-state index is -0.263. The van der Waals surface area contributed by atoms with Gasteiger partial charge in [-0.15, -0.1) is 0 Å². The first-order chi connectivity index (χ1) is 18.2. The molecule has 0 saturated heterocycles. The molecule has 2 aromatic carbocycles. The summed E-state index contributed by atoms with van der Waals surface area (Å²) >= 11 is 0. The van der Waals surface area contributed by atoms with E-state index in [1.54, 1.807) is 12.1 Å². The van der Waals surface area contributed by atoms with Gasteiger partial charge in [-0.3, -0.25) is 0 Å². The number of ether oxygens (including phenoxy) is 1. The average Bonchev–Trinajstić information content (AvgIpc) is 3.51. The molecule has 0 radical (unpaired) electrons. The fourth-order valence-corrected chi connectivity index (χ4v) is 4.95. The van der Waals surface area contributed by atoms with Crippen molar-refractivity contribution in [2.45, 2.75) is 32.2 Å². The number of pyridine rings is 2. The van der Waals surface area contributed by atoms with Crippen molar-refractivity contribution in [1.82, 2.24) is 19.5 Å². The third-order valence-electron chi connectivity index (χ3n) is 6.75. The number of hydrogen-bond acceptors (Lipinski definition) is 5. The normalized spacial score (nSPS) is 14.6. The number of fused-ring (bicyclic) bond motifs is 2. The maximum Gasteiger partial charge on any atom is 0.213 e. The van der Waals surface area contributed by atoms with Crippen molar-refractivity contribution in [3.05, 3.63) is 90.6 Å². The van der Waals surface area contributed by atoms with Crippen LogP contribution in [0.2, 0.25) is 0 Å². The third kappa shape index (κ3) is 4.65. The molecule has 6 rings (SSSR count). The summed E-state index contributed by atoms with van der Waals surface area (Å²) < 4.78 is 22.2. The van der Waals surface area contributed by atoms with Crippen LogP contribution < -0.4 is 10.1 Å². The predicted molar refractivity (Wildman–Crippen MR) is 144 cm³/mol. The number of benzene rings is 2. The minimum absolute atomic E-state index is 0.0974. The number of rotatable bonds is 8. The summed E-state index contributed by atoms with van der Waals surface area (Å²) in [5, 5.41) is 4.47. The van der Waals surface area contributed by atoms with E-state index in [4.69, 9.17) is 9.72 Å². The van der Waals surface area contributed by atoms with Crippen LogP contribution in [0.25, 0.3) is 33.4 Å². The number of hydrogen-bond donors (Lipinski definition) is 1. The van der Waals surface area contributed by atoms with Crippen LogP contribution in [0.15, 0.2) is 79.0 Å². The highest BCUT2D eigenvalue weighted by Crippen LogP contribution is 2.40. The zero-order chi connectivity index (χ0) is 25.2. The van der Waals surface area contributed by atoms with Crippen molar-refractivity contribution in [3.63, 3.8) is 0 Å². The molecule has 0 fully saturated rings. The van der Waals surface area contributed by atoms with Crippen LogP contribution >= 0.6 is 0 Å². The Morgan fingerprint density at radius 2 is 1.86 bits per heavy atom. The van der Waals surface area contributed by atoms with Gasteiger partial charge in [-0.1, -0.05) is 25.1 Å². The van der Waals surface area contributed by atoms with Crippen molar-refractivity contribution in [2.24, 2.45) is 0 Å². The van der Waals surface area contributed by atoms with Gasteiger partial charge >= 0.3 is 0 Å². The number of aromatic nitrogens is 4. The van der Waals surface area contributed by atoms with Crippen molar-refractivity contribution >= 4 is 16.7 Å². The molecule has 186 valence electrons. The lowest BCUT2D eigenvalue weighted by molar-refractivity contribution is 0.248. The molecule has 3 aromatic heterocycles. The summed E-state index contributed by atoms with van der Waals surface area (Å²) in [5.74, 6) is 2.18. The van der Waals surface area contributed by atoms with Crippen LogP contribution in [0.3, 0.4) is 0 Å². The van der Waals surface area contributed by atoms with Gasteiger partial charge in [-0.25, -0.2) is 19.3 Å². The van der Waals surface area contributed by atoms with Crippen LogP contribution in [0, 0.1) is 5.82 Å². The molecule has 0 bridgehead atoms. The number of halogens is 1. The Morgan fingerprint density at radius 1 is 1.00 bits per heavy atom. The van der Waals surface area contributed by atoms with Crippen LogP contribution in [-0.2, 0) is 6.42 Å². The number of anilines is 1. The van der Waals surface area contributed by atoms with E-state index in [2.05, 4.69) is 32.8 Å². The quantitative estimate of drug-likeness (QED) is 0.261. The summed E-state index contributed by atoms with van der Waals surface area (Å²) in [7, 11) is 0. The van der Waals surface area contributed by atoms with Gasteiger partial charge in [0, 0.05) is 41.7 Å². The fraction of sp³-hybridized carbons (Fsp3) is 0.233. The molecule has 7 heteroatoms. The molecule has 5 aromatic rings. The van der Waals surface area contributed by atoms with E-state index in [0.717, 1.165) is 70.9 Å². The van der Waals surface area contributed by atoms with E-state index < -0.39 is 0 Å². The van der Waals surface area contributed by atoms with E-state index in [0.29, 0.717) is 12.5 Å². The van der Waals surface area contributed by atoms with E-state index in [9.17, 15) is 4.39 Å². The topological polar surface area (TPSA) is 64.9 Å². The summed E-state index contributed by atoms with van der Waals surface area (Å²) in [4.78, 5) is 14.2. The highest BCUT2D eigenvalue weighted by Gasteiger charge is 2.31. The van der Waals surface area contributed by atoms with Crippen molar-refractivity contribution < 1.29 is 9.13 Å². The van der Waals surface area contributed by atoms with Gasteiger partial charge < -0.3 is 14.6 Å². The zero-order valence-electron chi connectivity index (χ0n) is 20.7. The Hall–Kier alpha value is -4.26. The number of nitrogens with one attached hydrogen (secondary N) is 1. The smallest absolute Gasteiger partial charge is 0.213 e. The molecule has 6 nitrogen and oxygen atoms in total. The Morgan fingerprint density at radius 3 is 2.73 bits per heavy atom. The number of imidazole rings is 1. The summed E-state index contributed by atoms with van der Waals surface area (Å²) in [5.41, 5.74) is 4.66. The Bertz CT molecular complexity index is 1550. The van der Waals surface area contributed by atoms with Crippen LogP contribution in [-0.4, -0.2) is 32.7 Å². The molecule has 1 atom stereocenters. The van der Waals surface area contributed by atoms with Gasteiger partial charge in [0.2, 0.25) is 5.88 Å². The molecule has 0 amide bonds. The standard InChI is InChI=1S/C30H28FN5O/c1-2-16-32-26-18-22(15-17-33-26)30-29(21-7-10-23(31)11-8-21)35-27-13-12-24(36(27)30)19-37-28-14-9-20-5-3-4-6-25(20)34-28/h3-11,14-15,17-18,24H,2,12-13,16,19H2,1H3,(H,32,33). The maximum absolute atomic E-state index is 13.7. The van der Waals surface area contributed by atoms with E-state index >= 15 is 0 Å². The van der Waals surface area contributed by atoms with Crippen molar-refractivity contribution in [1.29, 1.82) is 0 Å². The second kappa shape index (κ2) is 10.0. The molecule has 37 heavy (non-hydrogen) atoms. The first-order valence-corrected chi connectivity index (χ1v) is 12.8. The lowest BCUT2D eigenvalue weighted by Crippen LogP contribution is -2.15. The summed E-state index contributed by atoms with van der Waals surface area (Å²) in [6.07, 6.45) is 4.61. The molecule has 1 aliphatic heterocycles. The summed E-state index contributed by atoms with van der Waals surface area (Å²) in [6, 6.07) is 22.7. The van der Waals surface area contributed by atoms with Crippen LogP contribution in [0.4, 0.5) is 10.2 Å². The fourth-order valence-electron chi connectivity index (χ4n) is 4.95. The largest absolute Gasteiger partial charge is 0.475 e. The molecule has 0 aliphatic carbocycles. The zero-order valence-corrected chi connectivity index (χ0v) is 20.7. The lowest BCUT2D eigenvalue weighted by atomic mass is 10.0.